The summed E-state index contributed by atoms with van der Waals surface area (Å²) in [6.07, 6.45) is -3.19. The summed E-state index contributed by atoms with van der Waals surface area (Å²) in [6, 6.07) is -0.463. The molecule has 0 aliphatic carbocycles. The van der Waals surface area contributed by atoms with E-state index in [1.54, 1.807) is 13.8 Å². The van der Waals surface area contributed by atoms with Crippen LogP contribution >= 0.6 is 0 Å². The van der Waals surface area contributed by atoms with E-state index in [0.29, 0.717) is 17.9 Å². The predicted molar refractivity (Wildman–Crippen MR) is 132 cm³/mol. The van der Waals surface area contributed by atoms with Gasteiger partial charge in [0.2, 0.25) is 5.88 Å². The lowest BCUT2D eigenvalue weighted by atomic mass is 9.94. The lowest BCUT2D eigenvalue weighted by Crippen LogP contribution is -2.49. The minimum atomic E-state index is -4.61. The van der Waals surface area contributed by atoms with Crippen LogP contribution in [0.25, 0.3) is 5.70 Å². The van der Waals surface area contributed by atoms with Crippen molar-refractivity contribution in [3.8, 4) is 5.88 Å². The maximum Gasteiger partial charge on any atom is 0.406 e. The van der Waals surface area contributed by atoms with Crippen molar-refractivity contribution < 1.29 is 36.2 Å². The Hall–Kier alpha value is -3.45. The van der Waals surface area contributed by atoms with Gasteiger partial charge in [-0.05, 0) is 37.6 Å². The van der Waals surface area contributed by atoms with Crippen molar-refractivity contribution in [2.45, 2.75) is 38.0 Å². The van der Waals surface area contributed by atoms with E-state index >= 15 is 0 Å². The summed E-state index contributed by atoms with van der Waals surface area (Å²) >= 11 is 0. The smallest absolute Gasteiger partial charge is 0.406 e. The van der Waals surface area contributed by atoms with Gasteiger partial charge in [0.05, 0.1) is 30.5 Å². The quantitative estimate of drug-likeness (QED) is 0.336. The summed E-state index contributed by atoms with van der Waals surface area (Å²) in [4.78, 5) is 14.2. The molecule has 0 bridgehead atoms. The molecule has 1 aromatic carbocycles. The Morgan fingerprint density at radius 1 is 1.29 bits per heavy atom. The number of aromatic nitrogens is 2. The normalized spacial score (nSPS) is 18.7. The maximum absolute atomic E-state index is 14.0. The highest BCUT2D eigenvalue weighted by Gasteiger charge is 2.48. The van der Waals surface area contributed by atoms with E-state index in [4.69, 9.17) is 9.47 Å². The largest absolute Gasteiger partial charge is 0.477 e. The number of likely N-dealkylation sites (tertiary alicyclic amines) is 1. The highest BCUT2D eigenvalue weighted by Crippen LogP contribution is 2.35. The molecule has 3 rings (SSSR count). The molecule has 0 saturated carbocycles. The zero-order chi connectivity index (χ0) is 28.2. The van der Waals surface area contributed by atoms with Crippen molar-refractivity contribution in [2.24, 2.45) is 0 Å². The van der Waals surface area contributed by atoms with Gasteiger partial charge in [-0.25, -0.2) is 18.3 Å². The monoisotopic (exact) mass is 543 g/mol. The highest BCUT2D eigenvalue weighted by molar-refractivity contribution is 5.90. The number of carbonyl (C=O) groups is 1. The molecular weight excluding hydrogens is 513 g/mol. The minimum Gasteiger partial charge on any atom is -0.477 e. The first kappa shape index (κ1) is 29.1. The van der Waals surface area contributed by atoms with Gasteiger partial charge in [0.25, 0.3) is 0 Å². The van der Waals surface area contributed by atoms with Crippen LogP contribution in [0.2, 0.25) is 0 Å². The number of halogens is 5. The first-order chi connectivity index (χ1) is 17.9. The number of ether oxygens (including phenoxy) is 2. The number of amides is 2. The zero-order valence-corrected chi connectivity index (χ0v) is 21.2. The van der Waals surface area contributed by atoms with Gasteiger partial charge in [-0.1, -0.05) is 19.2 Å². The molecule has 2 aromatic rings. The van der Waals surface area contributed by atoms with E-state index in [-0.39, 0.29) is 30.4 Å². The average molecular weight is 544 g/mol. The SMILES string of the molecule is C=CC(=C)n1nc(OCC)c(C)c1NC(=O)NC1CN(C(COC)C(F)(F)F)CC1c1ccc(F)c(F)c1. The van der Waals surface area contributed by atoms with E-state index in [1.165, 1.54) is 16.8 Å². The number of carbonyl (C=O) groups excluding carboxylic acids is 1. The molecule has 13 heteroatoms. The first-order valence-corrected chi connectivity index (χ1v) is 11.8. The number of nitrogens with zero attached hydrogens (tertiary/aromatic N) is 3. The fourth-order valence-electron chi connectivity index (χ4n) is 4.38. The third-order valence-electron chi connectivity index (χ3n) is 6.28. The molecule has 1 saturated heterocycles. The Morgan fingerprint density at radius 3 is 2.58 bits per heavy atom. The second-order valence-corrected chi connectivity index (χ2v) is 8.77. The molecule has 2 heterocycles. The molecule has 1 aliphatic rings. The van der Waals surface area contributed by atoms with Gasteiger partial charge in [-0.3, -0.25) is 10.2 Å². The third kappa shape index (κ3) is 6.33. The van der Waals surface area contributed by atoms with E-state index in [1.807, 2.05) is 0 Å². The summed E-state index contributed by atoms with van der Waals surface area (Å²) in [7, 11) is 1.16. The number of methoxy groups -OCH3 is 1. The average Bonchev–Trinajstić information content (AvgIpc) is 3.39. The number of rotatable bonds is 10. The van der Waals surface area contributed by atoms with Crippen molar-refractivity contribution in [1.82, 2.24) is 20.0 Å². The fraction of sp³-hybridized carbons (Fsp3) is 0.440. The van der Waals surface area contributed by atoms with Crippen molar-refractivity contribution in [1.29, 1.82) is 0 Å². The van der Waals surface area contributed by atoms with Crippen LogP contribution in [0.5, 0.6) is 5.88 Å². The maximum atomic E-state index is 14.0. The molecule has 0 spiro atoms. The van der Waals surface area contributed by atoms with Crippen molar-refractivity contribution in [2.75, 3.05) is 38.7 Å². The molecule has 3 atom stereocenters. The Kier molecular flexibility index (Phi) is 9.15. The van der Waals surface area contributed by atoms with Gasteiger partial charge in [-0.15, -0.1) is 5.10 Å². The van der Waals surface area contributed by atoms with Crippen molar-refractivity contribution in [3.05, 3.63) is 60.2 Å². The number of allylic oxidation sites excluding steroid dienone is 2. The van der Waals surface area contributed by atoms with Gasteiger partial charge in [0.1, 0.15) is 11.9 Å². The molecule has 1 aromatic heterocycles. The molecule has 2 N–H and O–H groups in total. The minimum absolute atomic E-state index is 0.178. The number of anilines is 1. The second kappa shape index (κ2) is 11.9. The first-order valence-electron chi connectivity index (χ1n) is 11.8. The molecule has 2 amide bonds. The number of benzene rings is 1. The van der Waals surface area contributed by atoms with Crippen LogP contribution in [-0.2, 0) is 4.74 Å². The standard InChI is InChI=1S/C25H30F5N5O3/c1-6-14(3)35-22(15(4)23(33-35)38-7-2)32-24(36)31-20-12-34(21(13-37-5)25(28,29)30)11-17(20)16-8-9-18(26)19(27)10-16/h6,8-10,17,20-21H,1,3,7,11-13H2,2,4-5H3,(H2,31,32,36). The number of urea groups is 1. The topological polar surface area (TPSA) is 80.6 Å². The van der Waals surface area contributed by atoms with Crippen LogP contribution in [0.15, 0.2) is 37.4 Å². The Balaban J connectivity index is 1.90. The number of hydrogen-bond acceptors (Lipinski definition) is 5. The number of hydrogen-bond donors (Lipinski definition) is 2. The Morgan fingerprint density at radius 2 is 2.00 bits per heavy atom. The van der Waals surface area contributed by atoms with E-state index in [0.717, 1.165) is 24.1 Å². The second-order valence-electron chi connectivity index (χ2n) is 8.77. The summed E-state index contributed by atoms with van der Waals surface area (Å²) in [5.41, 5.74) is 1.08. The molecule has 8 nitrogen and oxygen atoms in total. The lowest BCUT2D eigenvalue weighted by molar-refractivity contribution is -0.192. The van der Waals surface area contributed by atoms with E-state index < -0.39 is 48.5 Å². The van der Waals surface area contributed by atoms with Crippen LogP contribution in [0.3, 0.4) is 0 Å². The number of alkyl halides is 3. The molecule has 208 valence electrons. The summed E-state index contributed by atoms with van der Waals surface area (Å²) in [5, 5.41) is 9.62. The van der Waals surface area contributed by atoms with Gasteiger partial charge in [0.15, 0.2) is 11.6 Å². The molecule has 1 aliphatic heterocycles. The van der Waals surface area contributed by atoms with E-state index in [2.05, 4.69) is 28.9 Å². The molecule has 3 unspecified atom stereocenters. The molecule has 38 heavy (non-hydrogen) atoms. The Bertz CT molecular complexity index is 1180. The lowest BCUT2D eigenvalue weighted by Gasteiger charge is -2.29. The van der Waals surface area contributed by atoms with Crippen molar-refractivity contribution in [3.63, 3.8) is 0 Å². The summed E-state index contributed by atoms with van der Waals surface area (Å²) in [5.74, 6) is -2.52. The van der Waals surface area contributed by atoms with Crippen molar-refractivity contribution >= 4 is 17.5 Å². The van der Waals surface area contributed by atoms with Gasteiger partial charge in [0, 0.05) is 26.1 Å². The van der Waals surface area contributed by atoms with Gasteiger partial charge < -0.3 is 14.8 Å². The van der Waals surface area contributed by atoms with Crippen LogP contribution in [0.1, 0.15) is 24.0 Å². The number of nitrogens with one attached hydrogen (secondary N) is 2. The third-order valence-corrected chi connectivity index (χ3v) is 6.28. The van der Waals surface area contributed by atoms with Crippen LogP contribution < -0.4 is 15.4 Å². The zero-order valence-electron chi connectivity index (χ0n) is 21.2. The summed E-state index contributed by atoms with van der Waals surface area (Å²) < 4.78 is 80.5. The van der Waals surface area contributed by atoms with Crippen LogP contribution in [0.4, 0.5) is 32.6 Å². The van der Waals surface area contributed by atoms with Gasteiger partial charge in [-0.2, -0.15) is 13.2 Å². The Labute approximate surface area is 217 Å². The predicted octanol–water partition coefficient (Wildman–Crippen LogP) is 4.69. The highest BCUT2D eigenvalue weighted by atomic mass is 19.4. The molecule has 1 fully saturated rings. The van der Waals surface area contributed by atoms with Gasteiger partial charge >= 0.3 is 12.2 Å². The fourth-order valence-corrected chi connectivity index (χ4v) is 4.38. The van der Waals surface area contributed by atoms with Crippen LogP contribution in [0, 0.1) is 18.6 Å². The van der Waals surface area contributed by atoms with E-state index in [9.17, 15) is 26.7 Å². The molecule has 0 radical (unpaired) electrons. The molecular formula is C25H30F5N5O3. The summed E-state index contributed by atoms with van der Waals surface area (Å²) in [6.45, 7) is 10.2. The van der Waals surface area contributed by atoms with Crippen LogP contribution in [-0.4, -0.2) is 72.4 Å².